The minimum absolute atomic E-state index is 0.602. The lowest BCUT2D eigenvalue weighted by Gasteiger charge is -2.35. The second-order valence-electron chi connectivity index (χ2n) is 7.59. The van der Waals surface area contributed by atoms with Gasteiger partial charge in [0.25, 0.3) is 0 Å². The van der Waals surface area contributed by atoms with Crippen LogP contribution < -0.4 is 5.73 Å². The summed E-state index contributed by atoms with van der Waals surface area (Å²) >= 11 is 7.88. The van der Waals surface area contributed by atoms with Crippen LogP contribution in [0.2, 0.25) is 5.02 Å². The van der Waals surface area contributed by atoms with E-state index >= 15 is 0 Å². The van der Waals surface area contributed by atoms with E-state index in [2.05, 4.69) is 51.2 Å². The number of para-hydroxylation sites is 1. The van der Waals surface area contributed by atoms with Gasteiger partial charge in [-0.2, -0.15) is 0 Å². The van der Waals surface area contributed by atoms with Gasteiger partial charge in [0.15, 0.2) is 5.96 Å². The molecule has 160 valence electrons. The Morgan fingerprint density at radius 2 is 1.55 bits per heavy atom. The van der Waals surface area contributed by atoms with E-state index in [0.717, 1.165) is 49.2 Å². The van der Waals surface area contributed by atoms with Gasteiger partial charge < -0.3 is 10.6 Å². The van der Waals surface area contributed by atoms with Gasteiger partial charge in [-0.25, -0.2) is 4.99 Å². The van der Waals surface area contributed by atoms with Crippen LogP contribution in [0, 0.1) is 0 Å². The topological polar surface area (TPSA) is 44.9 Å². The molecule has 31 heavy (non-hydrogen) atoms. The van der Waals surface area contributed by atoms with Gasteiger partial charge in [-0.1, -0.05) is 60.1 Å². The van der Waals surface area contributed by atoms with Gasteiger partial charge in [0, 0.05) is 48.4 Å². The highest BCUT2D eigenvalue weighted by Gasteiger charge is 2.19. The van der Waals surface area contributed by atoms with Crippen molar-refractivity contribution in [1.29, 1.82) is 0 Å². The normalized spacial score (nSPS) is 15.3. The Bertz CT molecular complexity index is 1000. The largest absolute Gasteiger partial charge is 0.369 e. The van der Waals surface area contributed by atoms with E-state index in [-0.39, 0.29) is 0 Å². The van der Waals surface area contributed by atoms with Crippen LogP contribution in [0.1, 0.15) is 11.1 Å². The molecule has 0 unspecified atom stereocenters. The minimum atomic E-state index is 0.602. The van der Waals surface area contributed by atoms with Crippen LogP contribution in [0.5, 0.6) is 0 Å². The molecule has 1 fully saturated rings. The van der Waals surface area contributed by atoms with E-state index in [1.54, 1.807) is 0 Å². The Labute approximate surface area is 193 Å². The first-order chi connectivity index (χ1) is 15.2. The summed E-state index contributed by atoms with van der Waals surface area (Å²) in [5.41, 5.74) is 9.81. The third-order valence-corrected chi connectivity index (χ3v) is 6.81. The number of hydrogen-bond donors (Lipinski definition) is 1. The number of guanidine groups is 1. The number of hydrogen-bond acceptors (Lipinski definition) is 3. The molecule has 0 aromatic heterocycles. The summed E-state index contributed by atoms with van der Waals surface area (Å²) in [5.74, 6) is 1.54. The quantitative estimate of drug-likeness (QED) is 0.310. The van der Waals surface area contributed by atoms with Crippen LogP contribution in [0.3, 0.4) is 0 Å². The molecule has 6 heteroatoms. The first-order valence-corrected chi connectivity index (χ1v) is 11.9. The minimum Gasteiger partial charge on any atom is -0.369 e. The monoisotopic (exact) mass is 450 g/mol. The van der Waals surface area contributed by atoms with Crippen molar-refractivity contribution in [3.05, 3.63) is 95.0 Å². The summed E-state index contributed by atoms with van der Waals surface area (Å²) in [7, 11) is 0. The average molecular weight is 451 g/mol. The fraction of sp³-hybridized carbons (Fsp3) is 0.240. The van der Waals surface area contributed by atoms with Crippen molar-refractivity contribution < 1.29 is 0 Å². The van der Waals surface area contributed by atoms with Crippen molar-refractivity contribution in [3.63, 3.8) is 0 Å². The molecule has 0 spiro atoms. The lowest BCUT2D eigenvalue weighted by molar-refractivity contribution is 0.173. The van der Waals surface area contributed by atoms with Crippen molar-refractivity contribution >= 4 is 35.0 Å². The number of piperazine rings is 1. The van der Waals surface area contributed by atoms with Crippen LogP contribution in [-0.2, 0) is 12.3 Å². The molecule has 4 rings (SSSR count). The van der Waals surface area contributed by atoms with Crippen LogP contribution in [0.25, 0.3) is 0 Å². The van der Waals surface area contributed by atoms with Crippen molar-refractivity contribution in [2.75, 3.05) is 26.2 Å². The molecule has 1 heterocycles. The number of nitrogens with two attached hydrogens (primary N) is 1. The summed E-state index contributed by atoms with van der Waals surface area (Å²) < 4.78 is 0. The molecule has 1 aliphatic heterocycles. The molecular weight excluding hydrogens is 424 g/mol. The van der Waals surface area contributed by atoms with E-state index in [1.807, 2.05) is 54.2 Å². The highest BCUT2D eigenvalue weighted by atomic mass is 35.5. The highest BCUT2D eigenvalue weighted by Crippen LogP contribution is 2.28. The fourth-order valence-corrected chi connectivity index (χ4v) is 4.73. The maximum absolute atomic E-state index is 6.25. The predicted molar refractivity (Wildman–Crippen MR) is 132 cm³/mol. The lowest BCUT2D eigenvalue weighted by atomic mass is 10.2. The zero-order valence-electron chi connectivity index (χ0n) is 17.5. The molecule has 0 radical (unpaired) electrons. The third kappa shape index (κ3) is 6.26. The van der Waals surface area contributed by atoms with E-state index in [4.69, 9.17) is 17.3 Å². The molecule has 1 aliphatic rings. The smallest absolute Gasteiger partial charge is 0.196 e. The van der Waals surface area contributed by atoms with Crippen molar-refractivity contribution in [3.8, 4) is 0 Å². The van der Waals surface area contributed by atoms with E-state index in [9.17, 15) is 0 Å². The zero-order chi connectivity index (χ0) is 21.5. The SMILES string of the molecule is NC(=Nc1ccccc1)N1CCN(Cc2ccccc2SCc2ccc(Cl)cc2)CC1. The zero-order valence-corrected chi connectivity index (χ0v) is 19.0. The second kappa shape index (κ2) is 10.7. The summed E-state index contributed by atoms with van der Waals surface area (Å²) in [4.78, 5) is 10.6. The van der Waals surface area contributed by atoms with Crippen LogP contribution >= 0.6 is 23.4 Å². The Morgan fingerprint density at radius 3 is 2.29 bits per heavy atom. The third-order valence-electron chi connectivity index (χ3n) is 5.37. The Kier molecular flexibility index (Phi) is 7.52. The number of aliphatic imine (C=N–C) groups is 1. The first-order valence-electron chi connectivity index (χ1n) is 10.5. The highest BCUT2D eigenvalue weighted by molar-refractivity contribution is 7.98. The van der Waals surface area contributed by atoms with Crippen molar-refractivity contribution in [2.45, 2.75) is 17.2 Å². The molecule has 0 bridgehead atoms. The van der Waals surface area contributed by atoms with E-state index in [0.29, 0.717) is 5.96 Å². The van der Waals surface area contributed by atoms with Crippen molar-refractivity contribution in [1.82, 2.24) is 9.80 Å². The second-order valence-corrected chi connectivity index (χ2v) is 9.05. The molecule has 2 N–H and O–H groups in total. The average Bonchev–Trinajstić information content (AvgIpc) is 2.81. The number of nitrogens with zero attached hydrogens (tertiary/aromatic N) is 3. The van der Waals surface area contributed by atoms with Crippen LogP contribution in [0.15, 0.2) is 88.8 Å². The van der Waals surface area contributed by atoms with E-state index in [1.165, 1.54) is 16.0 Å². The fourth-order valence-electron chi connectivity index (χ4n) is 3.60. The summed E-state index contributed by atoms with van der Waals surface area (Å²) in [5, 5.41) is 0.780. The number of halogens is 1. The first kappa shape index (κ1) is 21.8. The Hall–Kier alpha value is -2.47. The number of rotatable bonds is 6. The molecule has 0 atom stereocenters. The van der Waals surface area contributed by atoms with Gasteiger partial charge in [0.2, 0.25) is 0 Å². The van der Waals surface area contributed by atoms with Gasteiger partial charge in [-0.3, -0.25) is 4.90 Å². The molecule has 0 aliphatic carbocycles. The number of benzene rings is 3. The summed E-state index contributed by atoms with van der Waals surface area (Å²) in [6.07, 6.45) is 0. The molecule has 0 saturated carbocycles. The van der Waals surface area contributed by atoms with Gasteiger partial charge in [-0.15, -0.1) is 11.8 Å². The molecule has 4 nitrogen and oxygen atoms in total. The van der Waals surface area contributed by atoms with Crippen molar-refractivity contribution in [2.24, 2.45) is 10.7 Å². The van der Waals surface area contributed by atoms with Crippen LogP contribution in [0.4, 0.5) is 5.69 Å². The number of thioether (sulfide) groups is 1. The molecule has 3 aromatic carbocycles. The molecule has 3 aromatic rings. The lowest BCUT2D eigenvalue weighted by Crippen LogP contribution is -2.50. The van der Waals surface area contributed by atoms with Crippen LogP contribution in [-0.4, -0.2) is 41.9 Å². The molecule has 0 amide bonds. The van der Waals surface area contributed by atoms with Gasteiger partial charge in [-0.05, 0) is 41.5 Å². The molecular formula is C25H27ClN4S. The Balaban J connectivity index is 1.32. The van der Waals surface area contributed by atoms with Gasteiger partial charge in [0.1, 0.15) is 0 Å². The predicted octanol–water partition coefficient (Wildman–Crippen LogP) is 5.40. The molecule has 1 saturated heterocycles. The standard InChI is InChI=1S/C25H27ClN4S/c26-22-12-10-20(11-13-22)19-31-24-9-5-4-6-21(24)18-29-14-16-30(17-15-29)25(27)28-23-7-2-1-3-8-23/h1-13H,14-19H2,(H2,27,28). The Morgan fingerprint density at radius 1 is 0.871 bits per heavy atom. The summed E-state index contributed by atoms with van der Waals surface area (Å²) in [6, 6.07) is 26.7. The summed E-state index contributed by atoms with van der Waals surface area (Å²) in [6.45, 7) is 4.68. The van der Waals surface area contributed by atoms with Gasteiger partial charge in [0.05, 0.1) is 5.69 Å². The van der Waals surface area contributed by atoms with Gasteiger partial charge >= 0.3 is 0 Å². The maximum atomic E-state index is 6.25. The van der Waals surface area contributed by atoms with E-state index < -0.39 is 0 Å². The maximum Gasteiger partial charge on any atom is 0.196 e.